The maximum Gasteiger partial charge on any atom is 0.356 e. The van der Waals surface area contributed by atoms with Crippen LogP contribution in [-0.4, -0.2) is 121 Å². The van der Waals surface area contributed by atoms with Gasteiger partial charge in [0, 0.05) is 65.2 Å². The normalized spacial score (nSPS) is 16.4. The van der Waals surface area contributed by atoms with Crippen LogP contribution in [0.25, 0.3) is 0 Å². The average Bonchev–Trinajstić information content (AvgIpc) is 0.701. The van der Waals surface area contributed by atoms with Crippen LogP contribution in [0.5, 0.6) is 0 Å². The second kappa shape index (κ2) is 34.3. The van der Waals surface area contributed by atoms with Crippen LogP contribution >= 0.6 is 30.1 Å². The number of carbonyl (C=O) groups is 9. The van der Waals surface area contributed by atoms with Gasteiger partial charge in [-0.25, -0.2) is 14.4 Å². The third-order valence-corrected chi connectivity index (χ3v) is 33.8. The van der Waals surface area contributed by atoms with Gasteiger partial charge in [-0.3, -0.25) is 49.0 Å². The third-order valence-electron chi connectivity index (χ3n) is 19.7. The number of non-ortho nitro benzene ring substituents is 2. The lowest BCUT2D eigenvalue weighted by atomic mass is 9.79. The topological polar surface area (TPSA) is 301 Å². The van der Waals surface area contributed by atoms with Gasteiger partial charge >= 0.3 is 29.8 Å². The Morgan fingerprint density at radius 2 is 0.934 bits per heavy atom. The van der Waals surface area contributed by atoms with Gasteiger partial charge in [0.25, 0.3) is 11.4 Å². The highest BCUT2D eigenvalue weighted by molar-refractivity contribution is 7.96. The predicted octanol–water partition coefficient (Wildman–Crippen LogP) is 14.1. The molecule has 556 valence electrons. The lowest BCUT2D eigenvalue weighted by molar-refractivity contribution is -0.385. The molecule has 0 spiro atoms. The summed E-state index contributed by atoms with van der Waals surface area (Å²) in [5.41, 5.74) is 0.733. The lowest BCUT2D eigenvalue weighted by Gasteiger charge is -2.53. The number of nitrogens with zero attached hydrogens (tertiary/aromatic N) is 3. The zero-order valence-electron chi connectivity index (χ0n) is 60.9. The van der Waals surface area contributed by atoms with Crippen LogP contribution in [-0.2, 0) is 59.9 Å². The second-order valence-corrected chi connectivity index (χ2v) is 42.5. The fraction of sp³-hybridized carbons (Fsp3) is 0.316. The molecule has 0 unspecified atom stereocenters. The molecule has 0 radical (unpaired) electrons. The summed E-state index contributed by atoms with van der Waals surface area (Å²) in [5.74, 6) is -6.90. The predicted molar refractivity (Wildman–Crippen MR) is 412 cm³/mol. The zero-order chi connectivity index (χ0) is 78.0. The summed E-state index contributed by atoms with van der Waals surface area (Å²) < 4.78 is 29.0. The first-order valence-corrected chi connectivity index (χ1v) is 42.5. The molecule has 2 aliphatic heterocycles. The molecular weight excluding hydrogens is 1450 g/mol. The number of nitro groups is 2. The number of nitrogens with one attached hydrogen (secondary N) is 1. The Hall–Kier alpha value is -9.66. The number of esters is 5. The second-order valence-electron chi connectivity index (χ2n) is 28.8. The van der Waals surface area contributed by atoms with Crippen LogP contribution in [0, 0.1) is 32.1 Å². The van der Waals surface area contributed by atoms with Gasteiger partial charge in [0.1, 0.15) is 12.0 Å². The van der Waals surface area contributed by atoms with Crippen molar-refractivity contribution in [3.05, 3.63) is 252 Å². The summed E-state index contributed by atoms with van der Waals surface area (Å²) >= 11 is 13.0. The molecule has 106 heavy (non-hydrogen) atoms. The minimum absolute atomic E-state index is 0.0172. The van der Waals surface area contributed by atoms with Crippen molar-refractivity contribution in [1.29, 1.82) is 0 Å². The minimum Gasteiger partial charge on any atom is -0.457 e. The molecule has 2 heterocycles. The molecule has 9 rings (SSSR count). The summed E-state index contributed by atoms with van der Waals surface area (Å²) in [6.07, 6.45) is -0.432. The molecule has 6 atom stereocenters. The van der Waals surface area contributed by atoms with E-state index in [1.807, 2.05) is 105 Å². The van der Waals surface area contributed by atoms with Crippen LogP contribution in [0.2, 0.25) is 46.3 Å². The van der Waals surface area contributed by atoms with Gasteiger partial charge in [-0.2, -0.15) is 0 Å². The number of β-lactam (4-membered cyclic amide) rings is 2. The number of ketones is 2. The quantitative estimate of drug-likeness (QED) is 0.00478. The number of benzene rings is 7. The molecule has 2 amide bonds. The summed E-state index contributed by atoms with van der Waals surface area (Å²) in [4.78, 5) is 142. The van der Waals surface area contributed by atoms with Crippen molar-refractivity contribution in [2.75, 3.05) is 6.61 Å². The molecule has 0 aliphatic carbocycles. The van der Waals surface area contributed by atoms with E-state index in [0.717, 1.165) is 40.2 Å². The van der Waals surface area contributed by atoms with Gasteiger partial charge in [-0.05, 0) is 114 Å². The lowest BCUT2D eigenvalue weighted by Crippen LogP contribution is -2.69. The number of ether oxygens (including phenoxy) is 3. The fourth-order valence-electron chi connectivity index (χ4n) is 12.0. The first-order valence-electron chi connectivity index (χ1n) is 34.1. The number of halogens is 2. The molecular formula is C79H85Cl2N4O18PSi2. The first kappa shape index (κ1) is 82.0. The van der Waals surface area contributed by atoms with E-state index in [1.165, 1.54) is 71.6 Å². The molecule has 2 aliphatic rings. The molecule has 1 N–H and O–H groups in total. The maximum atomic E-state index is 15.2. The molecule has 2 fully saturated rings. The van der Waals surface area contributed by atoms with Crippen LogP contribution in [0.15, 0.2) is 189 Å². The molecule has 7 aromatic carbocycles. The van der Waals surface area contributed by atoms with E-state index < -0.39 is 99.4 Å². The van der Waals surface area contributed by atoms with Crippen LogP contribution in [0.3, 0.4) is 0 Å². The van der Waals surface area contributed by atoms with E-state index in [9.17, 15) is 53.8 Å². The molecule has 0 bridgehead atoms. The van der Waals surface area contributed by atoms with Gasteiger partial charge < -0.3 is 33.3 Å². The van der Waals surface area contributed by atoms with E-state index in [-0.39, 0.29) is 115 Å². The zero-order valence-corrected chi connectivity index (χ0v) is 65.3. The monoisotopic (exact) mass is 1530 g/mol. The number of rotatable bonds is 27. The molecule has 2 saturated heterocycles. The van der Waals surface area contributed by atoms with E-state index >= 15 is 9.59 Å². The first-order chi connectivity index (χ1) is 49.8. The van der Waals surface area contributed by atoms with Crippen molar-refractivity contribution in [3.8, 4) is 0 Å². The Morgan fingerprint density at radius 3 is 1.28 bits per heavy atom. The summed E-state index contributed by atoms with van der Waals surface area (Å²) in [6, 6.07) is 45.6. The number of amides is 2. The van der Waals surface area contributed by atoms with E-state index in [4.69, 9.17) is 46.3 Å². The van der Waals surface area contributed by atoms with Crippen molar-refractivity contribution in [3.63, 3.8) is 0 Å². The highest BCUT2D eigenvalue weighted by Crippen LogP contribution is 2.51. The minimum atomic E-state index is -3.31. The van der Waals surface area contributed by atoms with Crippen molar-refractivity contribution < 1.29 is 76.1 Å². The molecule has 0 aromatic heterocycles. The van der Waals surface area contributed by atoms with Crippen molar-refractivity contribution in [1.82, 2.24) is 10.2 Å². The Morgan fingerprint density at radius 1 is 0.566 bits per heavy atom. The van der Waals surface area contributed by atoms with Gasteiger partial charge in [-0.15, -0.1) is 0 Å². The summed E-state index contributed by atoms with van der Waals surface area (Å²) in [6.45, 7) is 25.2. The largest absolute Gasteiger partial charge is 0.457 e. The van der Waals surface area contributed by atoms with Crippen LogP contribution in [0.1, 0.15) is 121 Å². The Bertz CT molecular complexity index is 4480. The molecule has 7 aromatic rings. The van der Waals surface area contributed by atoms with Gasteiger partial charge in [0.15, 0.2) is 28.2 Å². The van der Waals surface area contributed by atoms with Crippen LogP contribution in [0.4, 0.5) is 11.4 Å². The van der Waals surface area contributed by atoms with Crippen molar-refractivity contribution in [2.45, 2.75) is 142 Å². The number of carbonyl (C=O) groups excluding carboxylic acids is 9. The summed E-state index contributed by atoms with van der Waals surface area (Å²) in [7, 11) is -4.59. The molecule has 27 heteroatoms. The average molecular weight is 1540 g/mol. The highest BCUT2D eigenvalue weighted by Gasteiger charge is 2.58. The van der Waals surface area contributed by atoms with E-state index in [2.05, 4.69) is 79.6 Å². The van der Waals surface area contributed by atoms with E-state index in [0.29, 0.717) is 11.1 Å². The van der Waals surface area contributed by atoms with Gasteiger partial charge in [-0.1, -0.05) is 193 Å². The SMILES string of the molecule is C=CCOC(=O)C(N1C(=O)[C@H]([C@@H](C)O[Si](C)(C)C(C)(C)C)[C@H]1CC(=O)c1ccc(CC(=O)OC(=O)c2ccc([N+](=O)[O-])cc2)c(Cl)c1)=P(c1ccccc1)(c1ccccc1)c1ccccc1.C[C@@H](O[Si](C)(C)C(C)(C)C)[C@H]1C(=O)N[C@@H]1CC(=O)c1ccc(CC(=O)OC(=O)c2ccc([N+](=O)[O-])cc2)c(Cl)c1. The Kier molecular flexibility index (Phi) is 26.5. The molecule has 22 nitrogen and oxygen atoms in total. The fourth-order valence-corrected chi connectivity index (χ4v) is 19.8. The van der Waals surface area contributed by atoms with Gasteiger partial charge in [0.05, 0.1) is 69.9 Å². The maximum absolute atomic E-state index is 15.2. The number of nitro benzene ring substituents is 2. The Labute approximate surface area is 627 Å². The molecule has 0 saturated carbocycles. The standard InChI is InChI=1S/C51H52ClN2O10PSi.C28H33ClN2O8Si/c1-8-30-62-50(59)48(65(39-18-12-9-13-19-39,40-20-14-10-15-21-40)41-22-16-11-17-23-41)53-43(46(47(53)57)34(2)64-66(6,7)51(3,4)5)33-44(55)37-25-24-36(42(52)31-37)32-45(56)63-49(58)35-26-28-38(29-27-35)54(60)61;1-16(39-40(5,6)28(2,3)4)25-22(30-26(25)34)15-23(32)19-8-7-18(21(29)13-19)14-24(33)38-27(35)17-9-11-20(12-10-17)31(36)37/h8-29,31,34,43,46H,1,30,32-33H2,2-7H3;7-13,16,22,25H,14-15H2,1-6H3,(H,30,34)/t34-,43-,46-;16-,22-,25-/m11/s1. The summed E-state index contributed by atoms with van der Waals surface area (Å²) in [5, 5.41) is 26.9. The number of Topliss-reactive ketones (excluding diaryl/α,β-unsaturated/α-hetero) is 2. The van der Waals surface area contributed by atoms with Crippen molar-refractivity contribution >= 4 is 133 Å². The number of likely N-dealkylation sites (tertiary alicyclic amines) is 1. The smallest absolute Gasteiger partial charge is 0.356 e. The number of hydrogen-bond donors (Lipinski definition) is 1. The van der Waals surface area contributed by atoms with Gasteiger partial charge in [0.2, 0.25) is 11.8 Å². The van der Waals surface area contributed by atoms with E-state index in [1.54, 1.807) is 0 Å². The number of hydrogen-bond acceptors (Lipinski definition) is 18. The third kappa shape index (κ3) is 18.9. The van der Waals surface area contributed by atoms with Crippen molar-refractivity contribution in [2.24, 2.45) is 11.8 Å². The highest BCUT2D eigenvalue weighted by atomic mass is 35.5. The van der Waals surface area contributed by atoms with Crippen LogP contribution < -0.4 is 21.2 Å². The Balaban J connectivity index is 0.000000303.